The van der Waals surface area contributed by atoms with E-state index in [1.807, 2.05) is 6.07 Å². The number of hydrogen-bond acceptors (Lipinski definition) is 7. The highest BCUT2D eigenvalue weighted by Crippen LogP contribution is 2.23. The van der Waals surface area contributed by atoms with Crippen molar-refractivity contribution in [3.8, 4) is 0 Å². The van der Waals surface area contributed by atoms with E-state index in [0.29, 0.717) is 5.13 Å². The Balaban J connectivity index is 1.65. The number of hydrogen-bond donors (Lipinski definition) is 2. The van der Waals surface area contributed by atoms with Crippen molar-refractivity contribution >= 4 is 50.0 Å². The second kappa shape index (κ2) is 10.0. The number of aromatic nitrogens is 1. The number of esters is 1. The Kier molecular flexibility index (Phi) is 7.39. The van der Waals surface area contributed by atoms with Gasteiger partial charge in [-0.1, -0.05) is 41.9 Å². The first kappa shape index (κ1) is 22.9. The van der Waals surface area contributed by atoms with Gasteiger partial charge in [-0.3, -0.25) is 10.1 Å². The molecule has 0 saturated carbocycles. The van der Waals surface area contributed by atoms with Gasteiger partial charge in [0.2, 0.25) is 10.0 Å². The van der Waals surface area contributed by atoms with E-state index < -0.39 is 28.5 Å². The molecule has 0 bridgehead atoms. The predicted molar refractivity (Wildman–Crippen MR) is 118 cm³/mol. The Morgan fingerprint density at radius 2 is 1.90 bits per heavy atom. The van der Waals surface area contributed by atoms with E-state index in [-0.39, 0.29) is 22.0 Å². The minimum atomic E-state index is -3.99. The summed E-state index contributed by atoms with van der Waals surface area (Å²) in [5, 5.41) is 4.62. The molecule has 11 heteroatoms. The van der Waals surface area contributed by atoms with Crippen LogP contribution >= 0.6 is 22.9 Å². The molecule has 162 valence electrons. The number of carbonyl (C=O) groups is 2. The largest absolute Gasteiger partial charge is 0.452 e. The van der Waals surface area contributed by atoms with Gasteiger partial charge in [-0.15, -0.1) is 11.3 Å². The maximum Gasteiger partial charge on any atom is 0.338 e. The summed E-state index contributed by atoms with van der Waals surface area (Å²) in [6, 6.07) is 12.7. The first-order valence-electron chi connectivity index (χ1n) is 8.97. The van der Waals surface area contributed by atoms with Crippen LogP contribution in [0.25, 0.3) is 0 Å². The van der Waals surface area contributed by atoms with Crippen LogP contribution in [0.3, 0.4) is 0 Å². The molecule has 0 aliphatic rings. The highest BCUT2D eigenvalue weighted by molar-refractivity contribution is 7.89. The molecule has 0 atom stereocenters. The Morgan fingerprint density at radius 1 is 1.16 bits per heavy atom. The van der Waals surface area contributed by atoms with Crippen molar-refractivity contribution < 1.29 is 22.7 Å². The van der Waals surface area contributed by atoms with E-state index in [9.17, 15) is 18.0 Å². The van der Waals surface area contributed by atoms with Crippen LogP contribution in [-0.4, -0.2) is 31.9 Å². The summed E-state index contributed by atoms with van der Waals surface area (Å²) in [5.41, 5.74) is 1.47. The topological polar surface area (TPSA) is 114 Å². The molecule has 0 aliphatic heterocycles. The number of amides is 1. The number of nitrogens with zero attached hydrogens (tertiary/aromatic N) is 1. The van der Waals surface area contributed by atoms with Gasteiger partial charge >= 0.3 is 5.97 Å². The van der Waals surface area contributed by atoms with Gasteiger partial charge in [0.25, 0.3) is 5.91 Å². The van der Waals surface area contributed by atoms with Crippen molar-refractivity contribution in [3.05, 3.63) is 75.8 Å². The number of carbonyl (C=O) groups excluding carboxylic acids is 2. The smallest absolute Gasteiger partial charge is 0.338 e. The SMILES string of the molecule is Cc1csc(NC(=O)COC(=O)c2ccc(Cl)c(S(=O)(=O)NCc3ccccc3)c2)n1. The van der Waals surface area contributed by atoms with E-state index in [0.717, 1.165) is 17.3 Å². The molecule has 3 aromatic rings. The van der Waals surface area contributed by atoms with Gasteiger partial charge in [-0.05, 0) is 30.7 Å². The van der Waals surface area contributed by atoms with Crippen molar-refractivity contribution in [2.45, 2.75) is 18.4 Å². The summed E-state index contributed by atoms with van der Waals surface area (Å²) in [4.78, 5) is 28.0. The molecule has 31 heavy (non-hydrogen) atoms. The van der Waals surface area contributed by atoms with Crippen LogP contribution in [0.15, 0.2) is 58.8 Å². The third kappa shape index (κ3) is 6.34. The fourth-order valence-corrected chi connectivity index (χ4v) is 4.72. The normalized spacial score (nSPS) is 11.2. The van der Waals surface area contributed by atoms with Gasteiger partial charge in [0.1, 0.15) is 4.90 Å². The maximum absolute atomic E-state index is 12.7. The van der Waals surface area contributed by atoms with Crippen LogP contribution in [0.4, 0.5) is 5.13 Å². The molecule has 3 rings (SSSR count). The second-order valence-electron chi connectivity index (χ2n) is 6.37. The Morgan fingerprint density at radius 3 is 2.58 bits per heavy atom. The lowest BCUT2D eigenvalue weighted by molar-refractivity contribution is -0.119. The molecule has 2 aromatic carbocycles. The lowest BCUT2D eigenvalue weighted by Gasteiger charge is -2.10. The summed E-state index contributed by atoms with van der Waals surface area (Å²) in [6.07, 6.45) is 0. The molecule has 0 unspecified atom stereocenters. The number of aryl methyl sites for hydroxylation is 1. The number of halogens is 1. The summed E-state index contributed by atoms with van der Waals surface area (Å²) in [7, 11) is -3.99. The van der Waals surface area contributed by atoms with Crippen molar-refractivity contribution in [3.63, 3.8) is 0 Å². The third-order valence-corrected chi connectivity index (χ3v) is 6.72. The second-order valence-corrected chi connectivity index (χ2v) is 9.37. The standard InChI is InChI=1S/C20H18ClN3O5S2/c1-13-12-30-20(23-13)24-18(25)11-29-19(26)15-7-8-16(21)17(9-15)31(27,28)22-10-14-5-3-2-4-6-14/h2-9,12,22H,10-11H2,1H3,(H,23,24,25). The van der Waals surface area contributed by atoms with Crippen LogP contribution in [0, 0.1) is 6.92 Å². The molecule has 0 aliphatic carbocycles. The number of nitrogens with one attached hydrogen (secondary N) is 2. The summed E-state index contributed by atoms with van der Waals surface area (Å²) in [5.74, 6) is -1.42. The molecule has 0 spiro atoms. The average molecular weight is 480 g/mol. The first-order valence-corrected chi connectivity index (χ1v) is 11.7. The van der Waals surface area contributed by atoms with E-state index >= 15 is 0 Å². The van der Waals surface area contributed by atoms with E-state index in [4.69, 9.17) is 16.3 Å². The Bertz CT molecular complexity index is 1200. The number of ether oxygens (including phenoxy) is 1. The number of rotatable bonds is 8. The lowest BCUT2D eigenvalue weighted by atomic mass is 10.2. The van der Waals surface area contributed by atoms with Gasteiger partial charge in [0, 0.05) is 11.9 Å². The zero-order valence-corrected chi connectivity index (χ0v) is 18.7. The van der Waals surface area contributed by atoms with Crippen LogP contribution < -0.4 is 10.0 Å². The monoisotopic (exact) mass is 479 g/mol. The maximum atomic E-state index is 12.7. The summed E-state index contributed by atoms with van der Waals surface area (Å²) >= 11 is 7.29. The predicted octanol–water partition coefficient (Wildman–Crippen LogP) is 3.38. The van der Waals surface area contributed by atoms with E-state index in [1.165, 1.54) is 23.5 Å². The molecule has 0 radical (unpaired) electrons. The van der Waals surface area contributed by atoms with Gasteiger partial charge in [-0.2, -0.15) is 0 Å². The van der Waals surface area contributed by atoms with Crippen LogP contribution in [0.2, 0.25) is 5.02 Å². The van der Waals surface area contributed by atoms with E-state index in [2.05, 4.69) is 15.0 Å². The first-order chi connectivity index (χ1) is 14.7. The number of anilines is 1. The van der Waals surface area contributed by atoms with E-state index in [1.54, 1.807) is 36.6 Å². The van der Waals surface area contributed by atoms with Gasteiger partial charge in [-0.25, -0.2) is 22.9 Å². The molecular formula is C20H18ClN3O5S2. The van der Waals surface area contributed by atoms with Gasteiger partial charge in [0.15, 0.2) is 11.7 Å². The van der Waals surface area contributed by atoms with Crippen molar-refractivity contribution in [1.82, 2.24) is 9.71 Å². The molecule has 8 nitrogen and oxygen atoms in total. The zero-order chi connectivity index (χ0) is 22.4. The van der Waals surface area contributed by atoms with Crippen LogP contribution in [-0.2, 0) is 26.1 Å². The van der Waals surface area contributed by atoms with Crippen molar-refractivity contribution in [2.24, 2.45) is 0 Å². The molecule has 1 amide bonds. The molecular weight excluding hydrogens is 462 g/mol. The number of benzene rings is 2. The highest BCUT2D eigenvalue weighted by atomic mass is 35.5. The quantitative estimate of drug-likeness (QED) is 0.479. The van der Waals surface area contributed by atoms with Crippen molar-refractivity contribution in [1.29, 1.82) is 0 Å². The molecule has 1 heterocycles. The number of sulfonamides is 1. The Hall–Kier alpha value is -2.79. The summed E-state index contributed by atoms with van der Waals surface area (Å²) < 4.78 is 32.7. The van der Waals surface area contributed by atoms with Crippen molar-refractivity contribution in [2.75, 3.05) is 11.9 Å². The lowest BCUT2D eigenvalue weighted by Crippen LogP contribution is -2.24. The third-order valence-electron chi connectivity index (χ3n) is 3.97. The minimum absolute atomic E-state index is 0.0472. The fourth-order valence-electron chi connectivity index (χ4n) is 2.47. The molecule has 1 aromatic heterocycles. The van der Waals surface area contributed by atoms with Crippen LogP contribution in [0.5, 0.6) is 0 Å². The van der Waals surface area contributed by atoms with Crippen LogP contribution in [0.1, 0.15) is 21.6 Å². The van der Waals surface area contributed by atoms with Gasteiger partial charge in [0.05, 0.1) is 16.3 Å². The summed E-state index contributed by atoms with van der Waals surface area (Å²) in [6.45, 7) is 1.30. The number of thiazole rings is 1. The Labute approximate surface area is 188 Å². The molecule has 2 N–H and O–H groups in total. The minimum Gasteiger partial charge on any atom is -0.452 e. The zero-order valence-electron chi connectivity index (χ0n) is 16.3. The molecule has 0 saturated heterocycles. The highest BCUT2D eigenvalue weighted by Gasteiger charge is 2.21. The fraction of sp³-hybridized carbons (Fsp3) is 0.150. The average Bonchev–Trinajstić information content (AvgIpc) is 3.16. The van der Waals surface area contributed by atoms with Gasteiger partial charge < -0.3 is 4.74 Å². The molecule has 0 fully saturated rings.